The first-order valence-electron chi connectivity index (χ1n) is 14.9. The van der Waals surface area contributed by atoms with Crippen LogP contribution in [0.15, 0.2) is 85.1 Å². The number of aliphatic hydroxyl groups excluding tert-OH is 1. The standard InChI is InChI=1S/C33H36FN5O4Si/c1-23-31(44(2,3)34)30(16-18-37-21-24(17-19-40)35-36-37)43-33(23)28-20-27(38(22-41)25-10-6-4-7-11-25)14-15-29(28)39(32(33)42)26-12-8-5-9-13-26/h4-15,20-23,30-31,40H,16-19H2,1-3H3/t23-,30+,31-,33+/m1/s1. The summed E-state index contributed by atoms with van der Waals surface area (Å²) in [6.45, 7) is 5.66. The summed E-state index contributed by atoms with van der Waals surface area (Å²) in [6, 6.07) is 24.2. The Morgan fingerprint density at radius 3 is 2.43 bits per heavy atom. The van der Waals surface area contributed by atoms with E-state index in [-0.39, 0.29) is 12.5 Å². The normalized spacial score (nSPS) is 22.9. The second-order valence-electron chi connectivity index (χ2n) is 12.0. The Kier molecular flexibility index (Phi) is 7.95. The van der Waals surface area contributed by atoms with Gasteiger partial charge in [-0.15, -0.1) is 5.10 Å². The number of hydrogen-bond donors (Lipinski definition) is 1. The second kappa shape index (κ2) is 11.7. The molecule has 1 aromatic heterocycles. The number of carbonyl (C=O) groups excluding carboxylic acids is 2. The summed E-state index contributed by atoms with van der Waals surface area (Å²) in [5, 5.41) is 17.5. The molecule has 3 heterocycles. The van der Waals surface area contributed by atoms with Crippen LogP contribution in [0.25, 0.3) is 0 Å². The van der Waals surface area contributed by atoms with Gasteiger partial charge >= 0.3 is 0 Å². The monoisotopic (exact) mass is 613 g/mol. The quantitative estimate of drug-likeness (QED) is 0.141. The van der Waals surface area contributed by atoms with Gasteiger partial charge in [0.1, 0.15) is 0 Å². The lowest BCUT2D eigenvalue weighted by Gasteiger charge is -2.31. The van der Waals surface area contributed by atoms with E-state index in [1.54, 1.807) is 28.9 Å². The lowest BCUT2D eigenvalue weighted by Crippen LogP contribution is -2.44. The smallest absolute Gasteiger partial charge is 0.268 e. The van der Waals surface area contributed by atoms with Crippen LogP contribution in [0.5, 0.6) is 0 Å². The van der Waals surface area contributed by atoms with Crippen LogP contribution in [-0.4, -0.2) is 53.5 Å². The molecule has 1 fully saturated rings. The number of anilines is 4. The van der Waals surface area contributed by atoms with Crippen molar-refractivity contribution >= 4 is 43.5 Å². The van der Waals surface area contributed by atoms with Gasteiger partial charge in [-0.3, -0.25) is 24.1 Å². The summed E-state index contributed by atoms with van der Waals surface area (Å²) in [4.78, 5) is 30.3. The molecule has 9 nitrogen and oxygen atoms in total. The number of carbonyl (C=O) groups is 2. The number of rotatable bonds is 10. The van der Waals surface area contributed by atoms with E-state index in [0.29, 0.717) is 53.4 Å². The molecule has 1 N–H and O–H groups in total. The van der Waals surface area contributed by atoms with Crippen molar-refractivity contribution in [2.75, 3.05) is 16.4 Å². The summed E-state index contributed by atoms with van der Waals surface area (Å²) in [5.41, 5.74) is 1.95. The van der Waals surface area contributed by atoms with Crippen molar-refractivity contribution < 1.29 is 23.5 Å². The van der Waals surface area contributed by atoms with Crippen LogP contribution in [0.2, 0.25) is 18.6 Å². The van der Waals surface area contributed by atoms with Gasteiger partial charge in [-0.1, -0.05) is 48.5 Å². The molecule has 1 saturated heterocycles. The van der Waals surface area contributed by atoms with Gasteiger partial charge in [-0.2, -0.15) is 0 Å². The number of amides is 2. The predicted molar refractivity (Wildman–Crippen MR) is 168 cm³/mol. The maximum Gasteiger partial charge on any atom is 0.268 e. The minimum atomic E-state index is -3.38. The van der Waals surface area contributed by atoms with Crippen molar-refractivity contribution in [2.45, 2.75) is 56.7 Å². The molecular weight excluding hydrogens is 577 g/mol. The second-order valence-corrected chi connectivity index (χ2v) is 15.8. The predicted octanol–water partition coefficient (Wildman–Crippen LogP) is 5.65. The largest absolute Gasteiger partial charge is 0.396 e. The zero-order valence-corrected chi connectivity index (χ0v) is 26.0. The Bertz CT molecular complexity index is 1650. The number of hydrogen-bond acceptors (Lipinski definition) is 6. The molecule has 2 aliphatic heterocycles. The van der Waals surface area contributed by atoms with Gasteiger partial charge in [0.2, 0.25) is 14.8 Å². The number of aliphatic hydroxyl groups is 1. The third kappa shape index (κ3) is 5.04. The maximum absolute atomic E-state index is 16.3. The zero-order chi connectivity index (χ0) is 31.1. The summed E-state index contributed by atoms with van der Waals surface area (Å²) >= 11 is 0. The fourth-order valence-electron chi connectivity index (χ4n) is 7.01. The van der Waals surface area contributed by atoms with Crippen LogP contribution in [-0.2, 0) is 32.9 Å². The Morgan fingerprint density at radius 1 is 1.07 bits per heavy atom. The van der Waals surface area contributed by atoms with Crippen molar-refractivity contribution in [3.63, 3.8) is 0 Å². The molecule has 0 radical (unpaired) electrons. The molecule has 3 aromatic carbocycles. The van der Waals surface area contributed by atoms with Gasteiger partial charge in [-0.25, -0.2) is 0 Å². The minimum absolute atomic E-state index is 0.0264. The molecule has 44 heavy (non-hydrogen) atoms. The third-order valence-corrected chi connectivity index (χ3v) is 11.3. The summed E-state index contributed by atoms with van der Waals surface area (Å²) in [7, 11) is -3.38. The first-order chi connectivity index (χ1) is 21.2. The van der Waals surface area contributed by atoms with E-state index >= 15 is 4.11 Å². The highest BCUT2D eigenvalue weighted by Gasteiger charge is 2.67. The number of aromatic nitrogens is 3. The molecule has 4 aromatic rings. The molecule has 2 amide bonds. The number of nitrogens with zero attached hydrogens (tertiary/aromatic N) is 5. The number of halogens is 1. The molecule has 6 rings (SSSR count). The Labute approximate surface area is 257 Å². The Hall–Kier alpha value is -4.19. The molecular formula is C33H36FN5O4Si. The molecule has 1 spiro atoms. The van der Waals surface area contributed by atoms with Crippen molar-refractivity contribution in [3.05, 3.63) is 96.3 Å². The highest BCUT2D eigenvalue weighted by Crippen LogP contribution is 2.61. The number of fused-ring (bicyclic) bond motifs is 2. The number of ether oxygens (including phenoxy) is 1. The van der Waals surface area contributed by atoms with E-state index < -0.39 is 31.6 Å². The lowest BCUT2D eigenvalue weighted by atomic mass is 9.82. The molecule has 2 aliphatic rings. The van der Waals surface area contributed by atoms with Crippen molar-refractivity contribution in [1.29, 1.82) is 0 Å². The SMILES string of the molecule is C[C@@H]1[C@@H]([Si](C)(C)F)[C@H](CCn2cc(CCO)nn2)O[C@@]12C(=O)N(c1ccccc1)c1ccc(N(C=O)c3ccccc3)cc12. The fraction of sp³-hybridized carbons (Fsp3) is 0.333. The summed E-state index contributed by atoms with van der Waals surface area (Å²) in [6.07, 6.45) is 2.79. The molecule has 4 atom stereocenters. The highest BCUT2D eigenvalue weighted by molar-refractivity contribution is 6.72. The van der Waals surface area contributed by atoms with Gasteiger partial charge in [0.15, 0.2) is 5.60 Å². The van der Waals surface area contributed by atoms with E-state index in [9.17, 15) is 14.7 Å². The van der Waals surface area contributed by atoms with Gasteiger partial charge in [0, 0.05) is 59.9 Å². The molecule has 11 heteroatoms. The van der Waals surface area contributed by atoms with E-state index in [2.05, 4.69) is 10.3 Å². The van der Waals surface area contributed by atoms with E-state index in [0.717, 1.165) is 6.41 Å². The first kappa shape index (κ1) is 29.9. The van der Waals surface area contributed by atoms with Gasteiger partial charge in [0.05, 0.1) is 17.5 Å². The van der Waals surface area contributed by atoms with Crippen LogP contribution in [0, 0.1) is 5.92 Å². The van der Waals surface area contributed by atoms with Gasteiger partial charge in [-0.05, 0) is 62.0 Å². The average molecular weight is 614 g/mol. The van der Waals surface area contributed by atoms with Crippen LogP contribution in [0.4, 0.5) is 26.9 Å². The fourth-order valence-corrected chi connectivity index (χ4v) is 9.55. The zero-order valence-electron chi connectivity index (χ0n) is 25.0. The van der Waals surface area contributed by atoms with Crippen molar-refractivity contribution in [3.8, 4) is 0 Å². The molecule has 0 bridgehead atoms. The maximum atomic E-state index is 16.3. The average Bonchev–Trinajstić information content (AvgIpc) is 3.66. The number of para-hydroxylation sites is 2. The van der Waals surface area contributed by atoms with E-state index in [4.69, 9.17) is 4.74 Å². The molecule has 228 valence electrons. The Balaban J connectivity index is 1.45. The Morgan fingerprint density at radius 2 is 1.77 bits per heavy atom. The van der Waals surface area contributed by atoms with Gasteiger partial charge in [0.25, 0.3) is 5.91 Å². The van der Waals surface area contributed by atoms with E-state index in [1.807, 2.05) is 85.8 Å². The topological polar surface area (TPSA) is 101 Å². The van der Waals surface area contributed by atoms with Crippen LogP contribution >= 0.6 is 0 Å². The molecule has 0 saturated carbocycles. The van der Waals surface area contributed by atoms with Crippen molar-refractivity contribution in [1.82, 2.24) is 15.0 Å². The molecule has 0 unspecified atom stereocenters. The van der Waals surface area contributed by atoms with Crippen molar-refractivity contribution in [2.24, 2.45) is 5.92 Å². The van der Waals surface area contributed by atoms with Gasteiger partial charge < -0.3 is 14.0 Å². The van der Waals surface area contributed by atoms with Crippen LogP contribution in [0.3, 0.4) is 0 Å². The van der Waals surface area contributed by atoms with E-state index in [1.165, 1.54) is 4.90 Å². The summed E-state index contributed by atoms with van der Waals surface area (Å²) < 4.78 is 24.9. The number of benzene rings is 3. The van der Waals surface area contributed by atoms with Crippen LogP contribution < -0.4 is 9.80 Å². The first-order valence-corrected chi connectivity index (χ1v) is 17.8. The summed E-state index contributed by atoms with van der Waals surface area (Å²) in [5.74, 6) is -0.756. The highest BCUT2D eigenvalue weighted by atomic mass is 28.4. The minimum Gasteiger partial charge on any atom is -0.396 e. The molecule has 0 aliphatic carbocycles. The lowest BCUT2D eigenvalue weighted by molar-refractivity contribution is -0.145. The number of aryl methyl sites for hydroxylation is 1. The van der Waals surface area contributed by atoms with Crippen LogP contribution in [0.1, 0.15) is 24.6 Å². The third-order valence-electron chi connectivity index (χ3n) is 8.88.